The Morgan fingerprint density at radius 2 is 2.13 bits per heavy atom. The van der Waals surface area contributed by atoms with Crippen LogP contribution >= 0.6 is 11.6 Å². The Balaban J connectivity index is 2.23. The number of nitrogens with one attached hydrogen (secondary N) is 1. The van der Waals surface area contributed by atoms with Crippen LogP contribution in [0.1, 0.15) is 17.5 Å². The van der Waals surface area contributed by atoms with Gasteiger partial charge in [-0.1, -0.05) is 11.6 Å². The summed E-state index contributed by atoms with van der Waals surface area (Å²) < 4.78 is 0. The van der Waals surface area contributed by atoms with Crippen molar-refractivity contribution in [3.8, 4) is 11.3 Å². The van der Waals surface area contributed by atoms with Gasteiger partial charge in [0.15, 0.2) is 0 Å². The minimum Gasteiger partial charge on any atom is -0.361 e. The van der Waals surface area contributed by atoms with E-state index in [2.05, 4.69) is 23.2 Å². The first-order valence-electron chi connectivity index (χ1n) is 5.29. The lowest BCUT2D eigenvalue weighted by atomic mass is 10.0. The van der Waals surface area contributed by atoms with Crippen molar-refractivity contribution in [1.82, 2.24) is 4.98 Å². The lowest BCUT2D eigenvalue weighted by Crippen LogP contribution is -1.89. The molecule has 0 spiro atoms. The van der Waals surface area contributed by atoms with Crippen LogP contribution in [0.3, 0.4) is 0 Å². The lowest BCUT2D eigenvalue weighted by Gasteiger charge is -2.07. The van der Waals surface area contributed by atoms with Crippen molar-refractivity contribution in [3.05, 3.63) is 46.6 Å². The first kappa shape index (κ1) is 9.05. The molecule has 0 radical (unpaired) electrons. The van der Waals surface area contributed by atoms with E-state index in [1.165, 1.54) is 41.6 Å². The molecule has 0 atom stereocenters. The number of fused-ring (bicyclic) bond motifs is 1. The van der Waals surface area contributed by atoms with Crippen molar-refractivity contribution < 1.29 is 0 Å². The van der Waals surface area contributed by atoms with Crippen molar-refractivity contribution in [2.75, 3.05) is 0 Å². The van der Waals surface area contributed by atoms with E-state index in [0.29, 0.717) is 0 Å². The monoisotopic (exact) mass is 217 g/mol. The van der Waals surface area contributed by atoms with Crippen molar-refractivity contribution in [2.45, 2.75) is 19.3 Å². The first-order valence-corrected chi connectivity index (χ1v) is 5.67. The number of hydrogen-bond donors (Lipinski definition) is 1. The van der Waals surface area contributed by atoms with Gasteiger partial charge >= 0.3 is 0 Å². The third kappa shape index (κ3) is 1.47. The van der Waals surface area contributed by atoms with Gasteiger partial charge in [0.25, 0.3) is 0 Å². The average molecular weight is 218 g/mol. The molecular weight excluding hydrogens is 206 g/mol. The number of H-pyrrole nitrogens is 1. The number of rotatable bonds is 1. The predicted octanol–water partition coefficient (Wildman–Crippen LogP) is 3.82. The topological polar surface area (TPSA) is 15.8 Å². The lowest BCUT2D eigenvalue weighted by molar-refractivity contribution is 0.912. The third-order valence-electron chi connectivity index (χ3n) is 3.07. The molecule has 0 saturated heterocycles. The minimum absolute atomic E-state index is 0.847. The molecule has 0 bridgehead atoms. The quantitative estimate of drug-likeness (QED) is 0.748. The van der Waals surface area contributed by atoms with Crippen molar-refractivity contribution in [3.63, 3.8) is 0 Å². The molecule has 1 heterocycles. The summed E-state index contributed by atoms with van der Waals surface area (Å²) in [6.45, 7) is 0. The molecule has 1 aromatic carbocycles. The minimum atomic E-state index is 0.847. The number of halogens is 1. The number of hydrogen-bond acceptors (Lipinski definition) is 0. The smallest absolute Gasteiger partial charge is 0.0457 e. The van der Waals surface area contributed by atoms with Crippen LogP contribution in [0.25, 0.3) is 11.3 Å². The molecule has 0 amide bonds. The highest BCUT2D eigenvalue weighted by molar-refractivity contribution is 6.31. The molecule has 76 valence electrons. The van der Waals surface area contributed by atoms with Crippen LogP contribution in [0.15, 0.2) is 30.5 Å². The predicted molar refractivity (Wildman–Crippen MR) is 63.3 cm³/mol. The summed E-state index contributed by atoms with van der Waals surface area (Å²) in [6, 6.07) is 8.30. The molecule has 0 unspecified atom stereocenters. The van der Waals surface area contributed by atoms with Gasteiger partial charge in [-0.15, -0.1) is 0 Å². The van der Waals surface area contributed by atoms with Gasteiger partial charge in [-0.3, -0.25) is 0 Å². The summed E-state index contributed by atoms with van der Waals surface area (Å²) in [5.74, 6) is 0. The van der Waals surface area contributed by atoms with Crippen LogP contribution in [-0.4, -0.2) is 4.98 Å². The Hall–Kier alpha value is -1.21. The fourth-order valence-electron chi connectivity index (χ4n) is 2.41. The van der Waals surface area contributed by atoms with Gasteiger partial charge < -0.3 is 4.98 Å². The van der Waals surface area contributed by atoms with E-state index < -0.39 is 0 Å². The molecule has 1 nitrogen and oxygen atoms in total. The molecule has 1 N–H and O–H groups in total. The van der Waals surface area contributed by atoms with E-state index >= 15 is 0 Å². The van der Waals surface area contributed by atoms with Crippen LogP contribution in [-0.2, 0) is 12.8 Å². The molecule has 1 aliphatic rings. The highest BCUT2D eigenvalue weighted by Crippen LogP contribution is 2.34. The van der Waals surface area contributed by atoms with Gasteiger partial charge in [-0.05, 0) is 54.7 Å². The van der Waals surface area contributed by atoms with Crippen molar-refractivity contribution in [1.29, 1.82) is 0 Å². The zero-order valence-corrected chi connectivity index (χ0v) is 9.14. The summed E-state index contributed by atoms with van der Waals surface area (Å²) in [7, 11) is 0. The second kappa shape index (κ2) is 3.42. The highest BCUT2D eigenvalue weighted by atomic mass is 35.5. The summed E-state index contributed by atoms with van der Waals surface area (Å²) in [4.78, 5) is 3.25. The zero-order valence-electron chi connectivity index (χ0n) is 8.39. The van der Waals surface area contributed by atoms with E-state index in [4.69, 9.17) is 11.6 Å². The summed E-state index contributed by atoms with van der Waals surface area (Å²) in [5, 5.41) is 0.847. The average Bonchev–Trinajstić information content (AvgIpc) is 2.86. The van der Waals surface area contributed by atoms with Gasteiger partial charge in [0.2, 0.25) is 0 Å². The Morgan fingerprint density at radius 1 is 1.20 bits per heavy atom. The molecule has 2 aromatic rings. The molecule has 15 heavy (non-hydrogen) atoms. The number of aromatic nitrogens is 1. The van der Waals surface area contributed by atoms with E-state index in [1.807, 2.05) is 12.3 Å². The number of aryl methyl sites for hydroxylation is 1. The van der Waals surface area contributed by atoms with E-state index in [9.17, 15) is 0 Å². The summed E-state index contributed by atoms with van der Waals surface area (Å²) >= 11 is 6.13. The first-order chi connectivity index (χ1) is 7.34. The van der Waals surface area contributed by atoms with E-state index in [0.717, 1.165) is 5.02 Å². The Bertz CT molecular complexity index is 485. The highest BCUT2D eigenvalue weighted by Gasteiger charge is 2.16. The second-order valence-electron chi connectivity index (χ2n) is 4.03. The molecule has 3 rings (SSSR count). The van der Waals surface area contributed by atoms with Crippen molar-refractivity contribution in [2.24, 2.45) is 0 Å². The standard InChI is InChI=1S/C13H12ClN/c14-10-7-9-3-1-4-11(9)12(8-10)13-5-2-6-15-13/h2,5-8,15H,1,3-4H2. The molecular formula is C13H12ClN. The van der Waals surface area contributed by atoms with E-state index in [-0.39, 0.29) is 0 Å². The van der Waals surface area contributed by atoms with Crippen LogP contribution < -0.4 is 0 Å². The number of benzene rings is 1. The maximum absolute atomic E-state index is 6.13. The van der Waals surface area contributed by atoms with Crippen LogP contribution in [0.4, 0.5) is 0 Å². The van der Waals surface area contributed by atoms with Crippen LogP contribution in [0.2, 0.25) is 5.02 Å². The Morgan fingerprint density at radius 3 is 2.93 bits per heavy atom. The number of aromatic amines is 1. The zero-order chi connectivity index (χ0) is 10.3. The summed E-state index contributed by atoms with van der Waals surface area (Å²) in [5.41, 5.74) is 5.35. The molecule has 0 fully saturated rings. The molecule has 1 aromatic heterocycles. The fourth-order valence-corrected chi connectivity index (χ4v) is 2.65. The van der Waals surface area contributed by atoms with Crippen LogP contribution in [0, 0.1) is 0 Å². The summed E-state index contributed by atoms with van der Waals surface area (Å²) in [6.07, 6.45) is 5.56. The fraction of sp³-hybridized carbons (Fsp3) is 0.231. The Kier molecular flexibility index (Phi) is 2.06. The molecule has 2 heteroatoms. The van der Waals surface area contributed by atoms with Crippen molar-refractivity contribution >= 4 is 11.6 Å². The maximum atomic E-state index is 6.13. The van der Waals surface area contributed by atoms with Gasteiger partial charge in [0.1, 0.15) is 0 Å². The van der Waals surface area contributed by atoms with Crippen LogP contribution in [0.5, 0.6) is 0 Å². The largest absolute Gasteiger partial charge is 0.361 e. The normalized spacial score (nSPS) is 14.2. The molecule has 0 aliphatic heterocycles. The third-order valence-corrected chi connectivity index (χ3v) is 3.29. The van der Waals surface area contributed by atoms with E-state index in [1.54, 1.807) is 0 Å². The maximum Gasteiger partial charge on any atom is 0.0457 e. The molecule has 1 aliphatic carbocycles. The van der Waals surface area contributed by atoms with Gasteiger partial charge in [0.05, 0.1) is 0 Å². The second-order valence-corrected chi connectivity index (χ2v) is 4.46. The SMILES string of the molecule is Clc1cc2c(c(-c3ccc[nH]3)c1)CCC2. The molecule has 0 saturated carbocycles. The van der Waals surface area contributed by atoms with Gasteiger partial charge in [-0.25, -0.2) is 0 Å². The Labute approximate surface area is 94.1 Å². The van der Waals surface area contributed by atoms with Gasteiger partial charge in [-0.2, -0.15) is 0 Å². The van der Waals surface area contributed by atoms with Gasteiger partial charge in [0, 0.05) is 22.5 Å².